The van der Waals surface area contributed by atoms with Crippen molar-refractivity contribution in [3.63, 3.8) is 0 Å². The van der Waals surface area contributed by atoms with Crippen molar-refractivity contribution in [1.82, 2.24) is 4.90 Å². The molecule has 1 aliphatic carbocycles. The van der Waals surface area contributed by atoms with Crippen LogP contribution in [-0.2, 0) is 0 Å². The maximum Gasteiger partial charge on any atom is 0.0575 e. The molecule has 0 aromatic rings. The highest BCUT2D eigenvalue weighted by atomic mass is 16.3. The molecule has 2 rings (SSSR count). The number of aliphatic hydroxyl groups excluding tert-OH is 2. The molecular formula is C20H39NO2. The van der Waals surface area contributed by atoms with Crippen molar-refractivity contribution in [2.75, 3.05) is 6.54 Å². The van der Waals surface area contributed by atoms with Gasteiger partial charge in [-0.3, -0.25) is 4.90 Å². The molecule has 2 fully saturated rings. The Morgan fingerprint density at radius 1 is 0.696 bits per heavy atom. The molecule has 1 heterocycles. The lowest BCUT2D eigenvalue weighted by atomic mass is 9.56. The van der Waals surface area contributed by atoms with Gasteiger partial charge in [0.25, 0.3) is 0 Å². The van der Waals surface area contributed by atoms with Gasteiger partial charge in [-0.25, -0.2) is 0 Å². The first kappa shape index (κ1) is 19.2. The molecular weight excluding hydrogens is 286 g/mol. The molecule has 0 spiro atoms. The van der Waals surface area contributed by atoms with E-state index in [2.05, 4.69) is 60.3 Å². The van der Waals surface area contributed by atoms with Crippen LogP contribution in [0, 0.1) is 16.7 Å². The van der Waals surface area contributed by atoms with Gasteiger partial charge in [0.15, 0.2) is 0 Å². The number of rotatable bonds is 2. The first-order valence-electron chi connectivity index (χ1n) is 9.31. The van der Waals surface area contributed by atoms with Crippen LogP contribution in [0.1, 0.15) is 81.1 Å². The number of piperidine rings is 1. The van der Waals surface area contributed by atoms with E-state index >= 15 is 0 Å². The zero-order chi connectivity index (χ0) is 17.8. The average Bonchev–Trinajstić information content (AvgIpc) is 2.19. The number of aliphatic hydroxyl groups is 2. The van der Waals surface area contributed by atoms with Crippen LogP contribution in [0.15, 0.2) is 0 Å². The summed E-state index contributed by atoms with van der Waals surface area (Å²) in [5.41, 5.74) is 0.263. The normalized spacial score (nSPS) is 36.8. The van der Waals surface area contributed by atoms with Crippen LogP contribution < -0.4 is 0 Å². The first-order chi connectivity index (χ1) is 10.2. The van der Waals surface area contributed by atoms with Gasteiger partial charge in [-0.05, 0) is 70.1 Å². The minimum Gasteiger partial charge on any atom is -0.393 e. The molecule has 2 N–H and O–H groups in total. The molecule has 0 aromatic heterocycles. The minimum atomic E-state index is -0.203. The largest absolute Gasteiger partial charge is 0.393 e. The van der Waals surface area contributed by atoms with Crippen LogP contribution in [0.3, 0.4) is 0 Å². The molecule has 0 aromatic carbocycles. The Hall–Kier alpha value is -0.120. The van der Waals surface area contributed by atoms with E-state index in [1.165, 1.54) is 0 Å². The summed E-state index contributed by atoms with van der Waals surface area (Å²) in [5, 5.41) is 20.6. The maximum absolute atomic E-state index is 10.3. The van der Waals surface area contributed by atoms with E-state index in [0.717, 1.165) is 32.2 Å². The number of nitrogens with zero attached hydrogens (tertiary/aromatic N) is 1. The minimum absolute atomic E-state index is 0.00336. The molecule has 3 heteroatoms. The molecule has 0 amide bonds. The molecule has 0 bridgehead atoms. The third kappa shape index (κ3) is 3.77. The molecule has 23 heavy (non-hydrogen) atoms. The predicted molar refractivity (Wildman–Crippen MR) is 96.4 cm³/mol. The summed E-state index contributed by atoms with van der Waals surface area (Å²) in [6, 6.07) is 0. The Kier molecular flexibility index (Phi) is 4.77. The lowest BCUT2D eigenvalue weighted by molar-refractivity contribution is -0.130. The average molecular weight is 326 g/mol. The predicted octanol–water partition coefficient (Wildman–Crippen LogP) is 3.82. The van der Waals surface area contributed by atoms with E-state index in [9.17, 15) is 10.2 Å². The Morgan fingerprint density at radius 3 is 1.43 bits per heavy atom. The highest BCUT2D eigenvalue weighted by Gasteiger charge is 2.52. The topological polar surface area (TPSA) is 43.7 Å². The SMILES string of the molecule is CC1(C)CC(O)CC(C)(C)C1CN1C(C)(C)CC(O)CC1(C)C. The van der Waals surface area contributed by atoms with Crippen LogP contribution in [0.25, 0.3) is 0 Å². The molecule has 0 unspecified atom stereocenters. The van der Waals surface area contributed by atoms with Gasteiger partial charge in [-0.15, -0.1) is 0 Å². The van der Waals surface area contributed by atoms with Crippen molar-refractivity contribution >= 4 is 0 Å². The van der Waals surface area contributed by atoms with Crippen molar-refractivity contribution in [1.29, 1.82) is 0 Å². The number of hydrogen-bond acceptors (Lipinski definition) is 3. The number of likely N-dealkylation sites (tertiary alicyclic amines) is 1. The van der Waals surface area contributed by atoms with Gasteiger partial charge in [-0.2, -0.15) is 0 Å². The van der Waals surface area contributed by atoms with Crippen LogP contribution >= 0.6 is 0 Å². The van der Waals surface area contributed by atoms with E-state index in [1.54, 1.807) is 0 Å². The van der Waals surface area contributed by atoms with E-state index in [-0.39, 0.29) is 34.1 Å². The Morgan fingerprint density at radius 2 is 1.04 bits per heavy atom. The summed E-state index contributed by atoms with van der Waals surface area (Å²) in [5.74, 6) is 0.534. The summed E-state index contributed by atoms with van der Waals surface area (Å²) < 4.78 is 0. The molecule has 0 radical (unpaired) electrons. The summed E-state index contributed by atoms with van der Waals surface area (Å²) in [7, 11) is 0. The van der Waals surface area contributed by atoms with Gasteiger partial charge in [0.2, 0.25) is 0 Å². The quantitative estimate of drug-likeness (QED) is 0.811. The summed E-state index contributed by atoms with van der Waals surface area (Å²) in [6.07, 6.45) is 3.07. The molecule has 2 aliphatic rings. The maximum atomic E-state index is 10.3. The monoisotopic (exact) mass is 325 g/mol. The molecule has 0 atom stereocenters. The zero-order valence-electron chi connectivity index (χ0n) is 16.6. The highest BCUT2D eigenvalue weighted by Crippen LogP contribution is 2.53. The zero-order valence-corrected chi connectivity index (χ0v) is 16.6. The second-order valence-electron chi connectivity index (χ2n) is 10.9. The Bertz CT molecular complexity index is 363. The fourth-order valence-corrected chi connectivity index (χ4v) is 6.07. The molecule has 136 valence electrons. The van der Waals surface area contributed by atoms with Gasteiger partial charge in [0, 0.05) is 17.6 Å². The lowest BCUT2D eigenvalue weighted by Gasteiger charge is -2.59. The van der Waals surface area contributed by atoms with Crippen LogP contribution in [-0.4, -0.2) is 44.9 Å². The van der Waals surface area contributed by atoms with Crippen molar-refractivity contribution in [3.05, 3.63) is 0 Å². The summed E-state index contributed by atoms with van der Waals surface area (Å²) in [6.45, 7) is 19.4. The second-order valence-corrected chi connectivity index (χ2v) is 10.9. The molecule has 3 nitrogen and oxygen atoms in total. The van der Waals surface area contributed by atoms with Crippen LogP contribution in [0.4, 0.5) is 0 Å². The van der Waals surface area contributed by atoms with Crippen LogP contribution in [0.5, 0.6) is 0 Å². The third-order valence-corrected chi connectivity index (χ3v) is 6.71. The summed E-state index contributed by atoms with van der Waals surface area (Å²) in [4.78, 5) is 2.64. The van der Waals surface area contributed by atoms with E-state index in [4.69, 9.17) is 0 Å². The molecule has 1 saturated heterocycles. The Labute approximate surface area is 143 Å². The van der Waals surface area contributed by atoms with Gasteiger partial charge in [0.1, 0.15) is 0 Å². The van der Waals surface area contributed by atoms with Crippen LogP contribution in [0.2, 0.25) is 0 Å². The summed E-state index contributed by atoms with van der Waals surface area (Å²) >= 11 is 0. The second kappa shape index (κ2) is 5.71. The van der Waals surface area contributed by atoms with E-state index in [1.807, 2.05) is 0 Å². The first-order valence-corrected chi connectivity index (χ1v) is 9.31. The smallest absolute Gasteiger partial charge is 0.0575 e. The van der Waals surface area contributed by atoms with Gasteiger partial charge >= 0.3 is 0 Å². The lowest BCUT2D eigenvalue weighted by Crippen LogP contribution is -2.65. The highest BCUT2D eigenvalue weighted by molar-refractivity contribution is 5.05. The van der Waals surface area contributed by atoms with Crippen molar-refractivity contribution in [2.45, 2.75) is 104 Å². The fraction of sp³-hybridized carbons (Fsp3) is 1.00. The van der Waals surface area contributed by atoms with Gasteiger partial charge in [-0.1, -0.05) is 27.7 Å². The van der Waals surface area contributed by atoms with Crippen molar-refractivity contribution < 1.29 is 10.2 Å². The van der Waals surface area contributed by atoms with E-state index < -0.39 is 0 Å². The molecule has 1 aliphatic heterocycles. The van der Waals surface area contributed by atoms with E-state index in [0.29, 0.717) is 5.92 Å². The molecule has 1 saturated carbocycles. The van der Waals surface area contributed by atoms with Gasteiger partial charge in [0.05, 0.1) is 12.2 Å². The van der Waals surface area contributed by atoms with Crippen molar-refractivity contribution in [2.24, 2.45) is 16.7 Å². The van der Waals surface area contributed by atoms with Crippen molar-refractivity contribution in [3.8, 4) is 0 Å². The number of hydrogen-bond donors (Lipinski definition) is 2. The Balaban J connectivity index is 2.31. The van der Waals surface area contributed by atoms with Gasteiger partial charge < -0.3 is 10.2 Å². The standard InChI is InChI=1S/C20H39NO2/c1-17(2)9-14(22)10-18(3,4)16(17)13-21-19(5,6)11-15(23)12-20(21,7)8/h14-16,22-23H,9-13H2,1-8H3. The third-order valence-electron chi connectivity index (χ3n) is 6.71. The fourth-order valence-electron chi connectivity index (χ4n) is 6.07.